The molecule has 2 atom stereocenters. The molecule has 1 aromatic rings. The zero-order chi connectivity index (χ0) is 8.97. The fraction of sp³-hybridized carbons (Fsp3) is 0.333. The van der Waals surface area contributed by atoms with Crippen LogP contribution in [-0.4, -0.2) is 15.4 Å². The second-order valence-corrected chi connectivity index (χ2v) is 5.66. The van der Waals surface area contributed by atoms with Crippen LogP contribution in [0.15, 0.2) is 35.2 Å². The summed E-state index contributed by atoms with van der Waals surface area (Å²) in [5.74, 6) is 0. The topological polar surface area (TPSA) is 23.1 Å². The summed E-state index contributed by atoms with van der Waals surface area (Å²) in [7, 11) is 0. The predicted molar refractivity (Wildman–Crippen MR) is 55.8 cm³/mol. The highest BCUT2D eigenvalue weighted by Crippen LogP contribution is 2.21. The van der Waals surface area contributed by atoms with Crippen molar-refractivity contribution in [3.05, 3.63) is 30.3 Å². The number of hydrogen-bond donors (Lipinski definition) is 0. The Bertz CT molecular complexity index is 225. The molecule has 0 aliphatic heterocycles. The van der Waals surface area contributed by atoms with Crippen LogP contribution in [0.1, 0.15) is 6.92 Å². The molecule has 0 saturated heterocycles. The minimum Gasteiger partial charge on any atom is -0.611 e. The van der Waals surface area contributed by atoms with Crippen LogP contribution in [0.5, 0.6) is 0 Å². The highest BCUT2D eigenvalue weighted by Gasteiger charge is 2.17. The second kappa shape index (κ2) is 4.80. The van der Waals surface area contributed by atoms with Crippen molar-refractivity contribution in [2.75, 3.05) is 6.26 Å². The van der Waals surface area contributed by atoms with Crippen LogP contribution in [0.3, 0.4) is 0 Å². The van der Waals surface area contributed by atoms with E-state index in [1.54, 1.807) is 11.8 Å². The van der Waals surface area contributed by atoms with Crippen molar-refractivity contribution >= 4 is 22.9 Å². The Morgan fingerprint density at radius 2 is 1.92 bits per heavy atom. The van der Waals surface area contributed by atoms with E-state index in [2.05, 4.69) is 0 Å². The van der Waals surface area contributed by atoms with E-state index in [1.807, 2.05) is 43.5 Å². The summed E-state index contributed by atoms with van der Waals surface area (Å²) in [6, 6.07) is 9.58. The van der Waals surface area contributed by atoms with Gasteiger partial charge in [-0.05, 0) is 36.5 Å². The Labute approximate surface area is 80.7 Å². The third-order valence-electron chi connectivity index (χ3n) is 1.61. The molecule has 1 aromatic carbocycles. The quantitative estimate of drug-likeness (QED) is 0.700. The van der Waals surface area contributed by atoms with Crippen molar-refractivity contribution in [1.82, 2.24) is 0 Å². The van der Waals surface area contributed by atoms with Crippen LogP contribution in [0.25, 0.3) is 0 Å². The first kappa shape index (κ1) is 9.96. The lowest BCUT2D eigenvalue weighted by Gasteiger charge is -2.15. The zero-order valence-corrected chi connectivity index (χ0v) is 8.82. The van der Waals surface area contributed by atoms with Crippen LogP contribution >= 0.6 is 11.8 Å². The van der Waals surface area contributed by atoms with Gasteiger partial charge in [0, 0.05) is 0 Å². The van der Waals surface area contributed by atoms with Gasteiger partial charge in [-0.3, -0.25) is 0 Å². The SMILES string of the molecule is CSC(C)[S+]([O-])c1ccccc1. The van der Waals surface area contributed by atoms with Gasteiger partial charge in [0.25, 0.3) is 0 Å². The maximum absolute atomic E-state index is 11.7. The molecule has 0 amide bonds. The predicted octanol–water partition coefficient (Wildman–Crippen LogP) is 2.50. The fourth-order valence-corrected chi connectivity index (χ4v) is 2.67. The van der Waals surface area contributed by atoms with Crippen LogP contribution < -0.4 is 0 Å². The van der Waals surface area contributed by atoms with Crippen LogP contribution in [0, 0.1) is 0 Å². The van der Waals surface area contributed by atoms with E-state index < -0.39 is 11.2 Å². The molecule has 0 radical (unpaired) electrons. The van der Waals surface area contributed by atoms with Crippen LogP contribution in [0.2, 0.25) is 0 Å². The molecule has 1 nitrogen and oxygen atoms in total. The fourth-order valence-electron chi connectivity index (χ4n) is 0.834. The summed E-state index contributed by atoms with van der Waals surface area (Å²) in [6.07, 6.45) is 1.98. The van der Waals surface area contributed by atoms with Gasteiger partial charge in [0.15, 0.2) is 9.48 Å². The van der Waals surface area contributed by atoms with Gasteiger partial charge in [0.05, 0.1) is 0 Å². The third-order valence-corrected chi connectivity index (χ3v) is 4.71. The molecule has 0 saturated carbocycles. The highest BCUT2D eigenvalue weighted by molar-refractivity contribution is 8.13. The lowest BCUT2D eigenvalue weighted by atomic mass is 10.4. The molecule has 0 bridgehead atoms. The first-order valence-electron chi connectivity index (χ1n) is 3.74. The van der Waals surface area contributed by atoms with Gasteiger partial charge in [0.2, 0.25) is 0 Å². The number of rotatable bonds is 3. The summed E-state index contributed by atoms with van der Waals surface area (Å²) in [6.45, 7) is 1.98. The Hall–Kier alpha value is -0.120. The molecule has 0 aliphatic carbocycles. The second-order valence-electron chi connectivity index (χ2n) is 2.41. The van der Waals surface area contributed by atoms with Gasteiger partial charge in [0.1, 0.15) is 0 Å². The normalized spacial score (nSPS) is 15.6. The molecule has 0 fully saturated rings. The van der Waals surface area contributed by atoms with Gasteiger partial charge in [-0.25, -0.2) is 0 Å². The van der Waals surface area contributed by atoms with E-state index in [1.165, 1.54) is 0 Å². The van der Waals surface area contributed by atoms with Crippen molar-refractivity contribution in [2.24, 2.45) is 0 Å². The molecule has 12 heavy (non-hydrogen) atoms. The van der Waals surface area contributed by atoms with Crippen molar-refractivity contribution in [2.45, 2.75) is 16.4 Å². The van der Waals surface area contributed by atoms with E-state index in [-0.39, 0.29) is 4.58 Å². The molecule has 0 aliphatic rings. The maximum Gasteiger partial charge on any atom is 0.163 e. The van der Waals surface area contributed by atoms with Crippen molar-refractivity contribution in [3.63, 3.8) is 0 Å². The van der Waals surface area contributed by atoms with Crippen molar-refractivity contribution in [3.8, 4) is 0 Å². The minimum atomic E-state index is -0.865. The molecule has 66 valence electrons. The van der Waals surface area contributed by atoms with E-state index >= 15 is 0 Å². The van der Waals surface area contributed by atoms with Gasteiger partial charge in [-0.2, -0.15) is 0 Å². The van der Waals surface area contributed by atoms with Crippen molar-refractivity contribution < 1.29 is 4.55 Å². The molecule has 0 aromatic heterocycles. The average molecular weight is 200 g/mol. The molecule has 0 spiro atoms. The molecule has 0 heterocycles. The molecular weight excluding hydrogens is 188 g/mol. The Kier molecular flexibility index (Phi) is 3.98. The van der Waals surface area contributed by atoms with E-state index in [0.29, 0.717) is 0 Å². The van der Waals surface area contributed by atoms with Gasteiger partial charge < -0.3 is 4.55 Å². The zero-order valence-electron chi connectivity index (χ0n) is 7.19. The molecule has 3 heteroatoms. The number of benzene rings is 1. The minimum absolute atomic E-state index is 0.174. The summed E-state index contributed by atoms with van der Waals surface area (Å²) < 4.78 is 11.8. The summed E-state index contributed by atoms with van der Waals surface area (Å²) in [5.41, 5.74) is 0. The van der Waals surface area contributed by atoms with E-state index in [4.69, 9.17) is 0 Å². The molecule has 0 N–H and O–H groups in total. The summed E-state index contributed by atoms with van der Waals surface area (Å²) >= 11 is 0.762. The van der Waals surface area contributed by atoms with E-state index in [0.717, 1.165) is 4.90 Å². The largest absolute Gasteiger partial charge is 0.611 e. The lowest BCUT2D eigenvalue weighted by Crippen LogP contribution is -2.13. The molecule has 2 unspecified atom stereocenters. The van der Waals surface area contributed by atoms with E-state index in [9.17, 15) is 4.55 Å². The van der Waals surface area contributed by atoms with Gasteiger partial charge in [-0.1, -0.05) is 18.2 Å². The highest BCUT2D eigenvalue weighted by atomic mass is 32.3. The van der Waals surface area contributed by atoms with Gasteiger partial charge >= 0.3 is 0 Å². The lowest BCUT2D eigenvalue weighted by molar-refractivity contribution is 0.594. The Balaban J connectivity index is 2.71. The standard InChI is InChI=1S/C9H12OS2/c1-8(11-2)12(10)9-6-4-3-5-7-9/h3-8H,1-2H3. The molecular formula is C9H12OS2. The van der Waals surface area contributed by atoms with Gasteiger partial charge in [-0.15, -0.1) is 11.8 Å². The first-order valence-corrected chi connectivity index (χ1v) is 6.24. The van der Waals surface area contributed by atoms with Crippen LogP contribution in [0.4, 0.5) is 0 Å². The van der Waals surface area contributed by atoms with Crippen molar-refractivity contribution in [1.29, 1.82) is 0 Å². The Morgan fingerprint density at radius 1 is 1.33 bits per heavy atom. The van der Waals surface area contributed by atoms with Crippen LogP contribution in [-0.2, 0) is 11.2 Å². The summed E-state index contributed by atoms with van der Waals surface area (Å²) in [4.78, 5) is 0.916. The number of thioether (sulfide) groups is 1. The maximum atomic E-state index is 11.7. The smallest absolute Gasteiger partial charge is 0.163 e. The molecule has 1 rings (SSSR count). The first-order chi connectivity index (χ1) is 5.75. The number of hydrogen-bond acceptors (Lipinski definition) is 2. The Morgan fingerprint density at radius 3 is 2.42 bits per heavy atom. The summed E-state index contributed by atoms with van der Waals surface area (Å²) in [5, 5.41) is 0. The average Bonchev–Trinajstić information content (AvgIpc) is 2.17. The third kappa shape index (κ3) is 2.44. The monoisotopic (exact) mass is 200 g/mol.